The number of hydrogen-bond donors (Lipinski definition) is 0. The van der Waals surface area contributed by atoms with Gasteiger partial charge in [-0.15, -0.1) is 0 Å². The maximum atomic E-state index is 4.81. The third-order valence-electron chi connectivity index (χ3n) is 4.50. The summed E-state index contributed by atoms with van der Waals surface area (Å²) in [6.07, 6.45) is 3.87. The smallest absolute Gasteiger partial charge is 0.162 e. The highest BCUT2D eigenvalue weighted by molar-refractivity contribution is 5.93. The normalized spacial score (nSPS) is 11.2. The van der Waals surface area contributed by atoms with Crippen LogP contribution in [0.5, 0.6) is 0 Å². The molecular weight excluding hydrogens is 306 g/mol. The number of fused-ring (bicyclic) bond motifs is 3. The number of rotatable bonds is 2. The van der Waals surface area contributed by atoms with E-state index in [0.717, 1.165) is 27.7 Å². The van der Waals surface area contributed by atoms with Gasteiger partial charge in [0.05, 0.1) is 18.1 Å². The van der Waals surface area contributed by atoms with Gasteiger partial charge in [0.25, 0.3) is 0 Å². The van der Waals surface area contributed by atoms with Crippen LogP contribution in [0.25, 0.3) is 38.8 Å². The highest BCUT2D eigenvalue weighted by atomic mass is 15.2. The fourth-order valence-electron chi connectivity index (χ4n) is 3.18. The van der Waals surface area contributed by atoms with Crippen molar-refractivity contribution >= 4 is 16.4 Å². The van der Waals surface area contributed by atoms with Crippen LogP contribution in [0, 0.1) is 0 Å². The molecule has 2 heterocycles. The van der Waals surface area contributed by atoms with Crippen molar-refractivity contribution in [3.8, 4) is 22.4 Å². The summed E-state index contributed by atoms with van der Waals surface area (Å²) in [5, 5.41) is 6.69. The second-order valence-corrected chi connectivity index (χ2v) is 6.07. The lowest BCUT2D eigenvalue weighted by molar-refractivity contribution is 0.948. The van der Waals surface area contributed by atoms with Crippen molar-refractivity contribution in [2.24, 2.45) is 0 Å². The van der Waals surface area contributed by atoms with Gasteiger partial charge < -0.3 is 0 Å². The molecule has 0 unspecified atom stereocenters. The molecule has 5 aromatic rings. The maximum Gasteiger partial charge on any atom is 0.162 e. The highest BCUT2D eigenvalue weighted by Gasteiger charge is 2.08. The molecule has 0 aliphatic heterocycles. The average molecular weight is 321 g/mol. The summed E-state index contributed by atoms with van der Waals surface area (Å²) in [6, 6.07) is 27.1. The van der Waals surface area contributed by atoms with E-state index < -0.39 is 0 Å². The van der Waals surface area contributed by atoms with Gasteiger partial charge in [-0.05, 0) is 11.1 Å². The van der Waals surface area contributed by atoms with Crippen LogP contribution in [0.15, 0.2) is 91.3 Å². The van der Waals surface area contributed by atoms with Crippen LogP contribution in [0.4, 0.5) is 0 Å². The van der Waals surface area contributed by atoms with Crippen LogP contribution in [0.2, 0.25) is 0 Å². The lowest BCUT2D eigenvalue weighted by atomic mass is 10.0. The fraction of sp³-hybridized carbons (Fsp3) is 0. The van der Waals surface area contributed by atoms with Crippen molar-refractivity contribution in [1.29, 1.82) is 0 Å². The molecule has 3 aromatic carbocycles. The molecule has 3 nitrogen and oxygen atoms in total. The van der Waals surface area contributed by atoms with E-state index in [1.54, 1.807) is 0 Å². The van der Waals surface area contributed by atoms with E-state index in [4.69, 9.17) is 4.98 Å². The first kappa shape index (κ1) is 13.9. The molecular formula is C22H15N3. The van der Waals surface area contributed by atoms with E-state index in [2.05, 4.69) is 65.8 Å². The van der Waals surface area contributed by atoms with Crippen molar-refractivity contribution in [2.75, 3.05) is 0 Å². The topological polar surface area (TPSA) is 30.2 Å². The van der Waals surface area contributed by atoms with Crippen LogP contribution < -0.4 is 0 Å². The fourth-order valence-corrected chi connectivity index (χ4v) is 3.18. The Labute approximate surface area is 145 Å². The van der Waals surface area contributed by atoms with E-state index in [1.165, 1.54) is 11.1 Å². The molecule has 0 aliphatic rings. The number of imidazole rings is 1. The molecule has 0 saturated carbocycles. The summed E-state index contributed by atoms with van der Waals surface area (Å²) in [5.74, 6) is 0. The molecule has 0 aliphatic carbocycles. The van der Waals surface area contributed by atoms with Gasteiger partial charge in [-0.2, -0.15) is 5.10 Å². The average Bonchev–Trinajstić information content (AvgIpc) is 3.14. The van der Waals surface area contributed by atoms with E-state index in [9.17, 15) is 0 Å². The molecule has 0 saturated heterocycles. The lowest BCUT2D eigenvalue weighted by Crippen LogP contribution is -1.89. The van der Waals surface area contributed by atoms with Gasteiger partial charge in [0.2, 0.25) is 0 Å². The highest BCUT2D eigenvalue weighted by Crippen LogP contribution is 2.26. The minimum Gasteiger partial charge on any atom is -0.226 e. The van der Waals surface area contributed by atoms with E-state index in [1.807, 2.05) is 35.1 Å². The third kappa shape index (κ3) is 2.37. The van der Waals surface area contributed by atoms with Crippen LogP contribution in [0.1, 0.15) is 0 Å². The van der Waals surface area contributed by atoms with Crippen LogP contribution in [-0.2, 0) is 0 Å². The quantitative estimate of drug-likeness (QED) is 0.446. The Bertz CT molecular complexity index is 1170. The molecule has 0 atom stereocenters. The minimum atomic E-state index is 0.889. The number of aromatic nitrogens is 3. The van der Waals surface area contributed by atoms with Crippen molar-refractivity contribution < 1.29 is 0 Å². The van der Waals surface area contributed by atoms with Crippen LogP contribution >= 0.6 is 0 Å². The summed E-state index contributed by atoms with van der Waals surface area (Å²) in [5.41, 5.74) is 5.34. The van der Waals surface area contributed by atoms with Crippen molar-refractivity contribution in [2.45, 2.75) is 0 Å². The van der Waals surface area contributed by atoms with Crippen molar-refractivity contribution in [1.82, 2.24) is 14.6 Å². The molecule has 25 heavy (non-hydrogen) atoms. The Kier molecular flexibility index (Phi) is 3.10. The van der Waals surface area contributed by atoms with Gasteiger partial charge in [0.1, 0.15) is 0 Å². The molecule has 0 bridgehead atoms. The predicted octanol–water partition coefficient (Wildman–Crippen LogP) is 5.22. The first-order valence-electron chi connectivity index (χ1n) is 8.27. The molecule has 0 N–H and O–H groups in total. The molecule has 3 heteroatoms. The third-order valence-corrected chi connectivity index (χ3v) is 4.50. The summed E-state index contributed by atoms with van der Waals surface area (Å²) in [4.78, 5) is 4.81. The molecule has 0 spiro atoms. The summed E-state index contributed by atoms with van der Waals surface area (Å²) >= 11 is 0. The van der Waals surface area contributed by atoms with Gasteiger partial charge in [-0.3, -0.25) is 0 Å². The van der Waals surface area contributed by atoms with Gasteiger partial charge in [0, 0.05) is 16.3 Å². The van der Waals surface area contributed by atoms with E-state index in [-0.39, 0.29) is 0 Å². The summed E-state index contributed by atoms with van der Waals surface area (Å²) in [7, 11) is 0. The second-order valence-electron chi connectivity index (χ2n) is 6.07. The monoisotopic (exact) mass is 321 g/mol. The lowest BCUT2D eigenvalue weighted by Gasteiger charge is -2.02. The Hall–Kier alpha value is -3.46. The van der Waals surface area contributed by atoms with Gasteiger partial charge in [-0.1, -0.05) is 78.9 Å². The summed E-state index contributed by atoms with van der Waals surface area (Å²) < 4.78 is 1.85. The zero-order chi connectivity index (χ0) is 16.6. The SMILES string of the molecule is c1ccc(-c2ccc(-c3cn4ncc5ccccc5c4n3)cc2)cc1. The molecule has 0 radical (unpaired) electrons. The molecule has 2 aromatic heterocycles. The standard InChI is InChI=1S/C22H15N3/c1-2-6-16(7-3-1)17-10-12-18(13-11-17)21-15-25-22(24-21)20-9-5-4-8-19(20)14-23-25/h1-15H. The first-order chi connectivity index (χ1) is 12.4. The first-order valence-corrected chi connectivity index (χ1v) is 8.27. The number of nitrogens with zero attached hydrogens (tertiary/aromatic N) is 3. The van der Waals surface area contributed by atoms with Crippen LogP contribution in [-0.4, -0.2) is 14.6 Å². The number of hydrogen-bond acceptors (Lipinski definition) is 2. The van der Waals surface area contributed by atoms with E-state index in [0.29, 0.717) is 0 Å². The zero-order valence-corrected chi connectivity index (χ0v) is 13.5. The van der Waals surface area contributed by atoms with Crippen molar-refractivity contribution in [3.63, 3.8) is 0 Å². The largest absolute Gasteiger partial charge is 0.226 e. The Morgan fingerprint density at radius 3 is 2.16 bits per heavy atom. The number of benzene rings is 3. The molecule has 0 fully saturated rings. The molecule has 5 rings (SSSR count). The zero-order valence-electron chi connectivity index (χ0n) is 13.5. The minimum absolute atomic E-state index is 0.889. The van der Waals surface area contributed by atoms with Gasteiger partial charge in [0.15, 0.2) is 5.65 Å². The summed E-state index contributed by atoms with van der Waals surface area (Å²) in [6.45, 7) is 0. The predicted molar refractivity (Wildman–Crippen MR) is 101 cm³/mol. The van der Waals surface area contributed by atoms with E-state index >= 15 is 0 Å². The van der Waals surface area contributed by atoms with Gasteiger partial charge in [-0.25, -0.2) is 9.50 Å². The van der Waals surface area contributed by atoms with Crippen molar-refractivity contribution in [3.05, 3.63) is 91.3 Å². The van der Waals surface area contributed by atoms with Crippen LogP contribution in [0.3, 0.4) is 0 Å². The van der Waals surface area contributed by atoms with Gasteiger partial charge >= 0.3 is 0 Å². The second kappa shape index (κ2) is 5.56. The molecule has 0 amide bonds. The Morgan fingerprint density at radius 1 is 0.640 bits per heavy atom. The maximum absolute atomic E-state index is 4.81. The Morgan fingerprint density at radius 2 is 1.32 bits per heavy atom. The Balaban J connectivity index is 1.60. The molecule has 118 valence electrons.